The molecule has 0 saturated carbocycles. The second-order valence-corrected chi connectivity index (χ2v) is 5.42. The van der Waals surface area contributed by atoms with Crippen LogP contribution >= 0.6 is 11.3 Å². The summed E-state index contributed by atoms with van der Waals surface area (Å²) < 4.78 is 0. The highest BCUT2D eigenvalue weighted by molar-refractivity contribution is 7.14. The average Bonchev–Trinajstić information content (AvgIpc) is 2.89. The Labute approximate surface area is 121 Å². The molecule has 0 aliphatic carbocycles. The summed E-state index contributed by atoms with van der Waals surface area (Å²) >= 11 is 1.36. The van der Waals surface area contributed by atoms with Crippen LogP contribution in [0.1, 0.15) is 34.6 Å². The Balaban J connectivity index is 2.15. The first-order valence-electron chi connectivity index (χ1n) is 6.25. The van der Waals surface area contributed by atoms with Crippen LogP contribution in [0.3, 0.4) is 0 Å². The number of phenolic OH excluding ortho intramolecular Hbond substituents is 1. The van der Waals surface area contributed by atoms with E-state index in [9.17, 15) is 9.90 Å². The molecule has 2 aromatic rings. The summed E-state index contributed by atoms with van der Waals surface area (Å²) in [5.41, 5.74) is 2.04. The van der Waals surface area contributed by atoms with Gasteiger partial charge >= 0.3 is 0 Å². The predicted molar refractivity (Wildman–Crippen MR) is 80.4 cm³/mol. The average molecular weight is 291 g/mol. The molecule has 0 spiro atoms. The molecule has 1 amide bonds. The van der Waals surface area contributed by atoms with E-state index in [0.29, 0.717) is 5.13 Å². The molecular weight excluding hydrogens is 274 g/mol. The quantitative estimate of drug-likeness (QED) is 0.809. The minimum Gasteiger partial charge on any atom is -0.507 e. The molecule has 0 bridgehead atoms. The summed E-state index contributed by atoms with van der Waals surface area (Å²) in [4.78, 5) is 16.5. The van der Waals surface area contributed by atoms with Gasteiger partial charge in [-0.15, -0.1) is 11.3 Å². The Hall–Kier alpha value is -1.92. The van der Waals surface area contributed by atoms with Gasteiger partial charge < -0.3 is 10.4 Å². The van der Waals surface area contributed by atoms with Gasteiger partial charge in [-0.1, -0.05) is 11.6 Å². The lowest BCUT2D eigenvalue weighted by Gasteiger charge is -2.06. The fraction of sp³-hybridized carbons (Fsp3) is 0.286. The minimum atomic E-state index is -0.357. The fourth-order valence-electron chi connectivity index (χ4n) is 1.69. The second kappa shape index (κ2) is 6.02. The van der Waals surface area contributed by atoms with Crippen molar-refractivity contribution in [1.29, 1.82) is 0 Å². The molecule has 1 heterocycles. The number of aromatic hydroxyl groups is 1. The number of carbonyl (C=O) groups excluding carboxylic acids is 1. The molecule has 1 aromatic heterocycles. The van der Waals surface area contributed by atoms with Crippen molar-refractivity contribution in [3.05, 3.63) is 40.4 Å². The Morgan fingerprint density at radius 1 is 1.45 bits per heavy atom. The zero-order chi connectivity index (χ0) is 14.7. The maximum Gasteiger partial charge on any atom is 0.261 e. The van der Waals surface area contributed by atoms with Crippen LogP contribution in [0.25, 0.3) is 0 Å². The normalized spacial score (nSPS) is 12.2. The Kier molecular flexibility index (Phi) is 4.36. The van der Waals surface area contributed by atoms with E-state index < -0.39 is 0 Å². The van der Waals surface area contributed by atoms with Crippen LogP contribution in [0.5, 0.6) is 5.75 Å². The smallest absolute Gasteiger partial charge is 0.261 e. The summed E-state index contributed by atoms with van der Waals surface area (Å²) in [6.45, 7) is 3.86. The van der Waals surface area contributed by atoms with Crippen molar-refractivity contribution in [2.75, 3.05) is 12.4 Å². The van der Waals surface area contributed by atoms with Crippen molar-refractivity contribution in [2.24, 2.45) is 0 Å². The number of rotatable bonds is 4. The first kappa shape index (κ1) is 14.5. The van der Waals surface area contributed by atoms with Gasteiger partial charge in [0.15, 0.2) is 5.13 Å². The minimum absolute atomic E-state index is 0.0338. The third-order valence-electron chi connectivity index (χ3n) is 3.02. The third kappa shape index (κ3) is 3.15. The van der Waals surface area contributed by atoms with Crippen molar-refractivity contribution in [1.82, 2.24) is 10.3 Å². The maximum absolute atomic E-state index is 12.1. The number of aromatic nitrogens is 1. The highest BCUT2D eigenvalue weighted by Crippen LogP contribution is 2.23. The van der Waals surface area contributed by atoms with E-state index in [1.165, 1.54) is 17.4 Å². The van der Waals surface area contributed by atoms with Crippen LogP contribution in [0.15, 0.2) is 23.6 Å². The molecule has 5 nitrogen and oxygen atoms in total. The Bertz CT molecular complexity index is 625. The lowest BCUT2D eigenvalue weighted by atomic mass is 10.1. The number of thiazole rings is 1. The van der Waals surface area contributed by atoms with Crippen molar-refractivity contribution in [2.45, 2.75) is 19.9 Å². The van der Waals surface area contributed by atoms with E-state index in [2.05, 4.69) is 15.6 Å². The molecule has 2 rings (SSSR count). The number of phenols is 1. The van der Waals surface area contributed by atoms with Crippen LogP contribution in [0.4, 0.5) is 5.13 Å². The van der Waals surface area contributed by atoms with Crippen molar-refractivity contribution < 1.29 is 9.90 Å². The number of carbonyl (C=O) groups is 1. The number of benzene rings is 1. The molecule has 6 heteroatoms. The molecule has 1 atom stereocenters. The highest BCUT2D eigenvalue weighted by atomic mass is 32.1. The molecule has 0 saturated heterocycles. The number of amides is 1. The Morgan fingerprint density at radius 2 is 2.20 bits per heavy atom. The molecular formula is C14H17N3O2S. The van der Waals surface area contributed by atoms with E-state index in [1.807, 2.05) is 26.3 Å². The van der Waals surface area contributed by atoms with Crippen molar-refractivity contribution in [3.63, 3.8) is 0 Å². The topological polar surface area (TPSA) is 74.2 Å². The second-order valence-electron chi connectivity index (χ2n) is 4.56. The van der Waals surface area contributed by atoms with Gasteiger partial charge in [0.1, 0.15) is 5.75 Å². The molecule has 1 aromatic carbocycles. The van der Waals surface area contributed by atoms with Crippen molar-refractivity contribution >= 4 is 22.4 Å². The van der Waals surface area contributed by atoms with Gasteiger partial charge in [0.05, 0.1) is 11.3 Å². The SMILES string of the molecule is CNC(C)c1csc(NC(=O)c2cc(C)ccc2O)n1. The van der Waals surface area contributed by atoms with Crippen LogP contribution in [-0.2, 0) is 0 Å². The highest BCUT2D eigenvalue weighted by Gasteiger charge is 2.14. The van der Waals surface area contributed by atoms with Gasteiger partial charge in [0.25, 0.3) is 5.91 Å². The molecule has 3 N–H and O–H groups in total. The first-order valence-corrected chi connectivity index (χ1v) is 7.13. The molecule has 0 fully saturated rings. The maximum atomic E-state index is 12.1. The summed E-state index contributed by atoms with van der Waals surface area (Å²) in [6.07, 6.45) is 0. The van der Waals surface area contributed by atoms with E-state index in [-0.39, 0.29) is 23.3 Å². The van der Waals surface area contributed by atoms with Gasteiger partial charge in [0, 0.05) is 11.4 Å². The van der Waals surface area contributed by atoms with Gasteiger partial charge in [-0.2, -0.15) is 0 Å². The van der Waals surface area contributed by atoms with Gasteiger partial charge in [-0.25, -0.2) is 4.98 Å². The first-order chi connectivity index (χ1) is 9.51. The zero-order valence-corrected chi connectivity index (χ0v) is 12.4. The summed E-state index contributed by atoms with van der Waals surface area (Å²) in [6, 6.07) is 5.04. The predicted octanol–water partition coefficient (Wildman–Crippen LogP) is 2.69. The molecule has 20 heavy (non-hydrogen) atoms. The number of hydrogen-bond donors (Lipinski definition) is 3. The number of nitrogens with zero attached hydrogens (tertiary/aromatic N) is 1. The number of nitrogens with one attached hydrogen (secondary N) is 2. The van der Waals surface area contributed by atoms with Crippen molar-refractivity contribution in [3.8, 4) is 5.75 Å². The van der Waals surface area contributed by atoms with Gasteiger partial charge in [0.2, 0.25) is 0 Å². The molecule has 106 valence electrons. The van der Waals surface area contributed by atoms with Gasteiger partial charge in [-0.05, 0) is 33.0 Å². The third-order valence-corrected chi connectivity index (χ3v) is 3.79. The van der Waals surface area contributed by atoms with E-state index in [0.717, 1.165) is 11.3 Å². The standard InChI is InChI=1S/C14H17N3O2S/c1-8-4-5-12(18)10(6-8)13(19)17-14-16-11(7-20-14)9(2)15-3/h4-7,9,15,18H,1-3H3,(H,16,17,19). The largest absolute Gasteiger partial charge is 0.507 e. The number of anilines is 1. The van der Waals surface area contributed by atoms with Crippen LogP contribution in [0.2, 0.25) is 0 Å². The summed E-state index contributed by atoms with van der Waals surface area (Å²) in [5, 5.41) is 17.9. The van der Waals surface area contributed by atoms with Crippen LogP contribution in [-0.4, -0.2) is 23.0 Å². The molecule has 0 radical (unpaired) electrons. The summed E-state index contributed by atoms with van der Waals surface area (Å²) in [7, 11) is 1.85. The molecule has 1 unspecified atom stereocenters. The zero-order valence-electron chi connectivity index (χ0n) is 11.6. The van der Waals surface area contributed by atoms with E-state index in [4.69, 9.17) is 0 Å². The number of hydrogen-bond acceptors (Lipinski definition) is 5. The lowest BCUT2D eigenvalue weighted by molar-refractivity contribution is 0.102. The Morgan fingerprint density at radius 3 is 2.90 bits per heavy atom. The van der Waals surface area contributed by atoms with Crippen LogP contribution in [0, 0.1) is 6.92 Å². The summed E-state index contributed by atoms with van der Waals surface area (Å²) in [5.74, 6) is -0.391. The van der Waals surface area contributed by atoms with Crippen LogP contribution < -0.4 is 10.6 Å². The molecule has 0 aliphatic rings. The van der Waals surface area contributed by atoms with Gasteiger partial charge in [-0.3, -0.25) is 10.1 Å². The van der Waals surface area contributed by atoms with E-state index >= 15 is 0 Å². The monoisotopic (exact) mass is 291 g/mol. The van der Waals surface area contributed by atoms with E-state index in [1.54, 1.807) is 12.1 Å². The molecule has 0 aliphatic heterocycles. The number of aryl methyl sites for hydroxylation is 1. The fourth-order valence-corrected chi connectivity index (χ4v) is 2.49. The lowest BCUT2D eigenvalue weighted by Crippen LogP contribution is -2.14.